The summed E-state index contributed by atoms with van der Waals surface area (Å²) >= 11 is 0. The normalized spacial score (nSPS) is 10.7. The minimum atomic E-state index is -0.302. The molecule has 1 amide bonds. The molecule has 20 heavy (non-hydrogen) atoms. The summed E-state index contributed by atoms with van der Waals surface area (Å²) in [4.78, 5) is 12.1. The average Bonchev–Trinajstić information content (AvgIpc) is 2.47. The lowest BCUT2D eigenvalue weighted by molar-refractivity contribution is 0.0955. The Labute approximate surface area is 118 Å². The van der Waals surface area contributed by atoms with Crippen molar-refractivity contribution in [2.75, 3.05) is 19.6 Å². The number of carbonyl (C=O) groups excluding carboxylic acids is 1. The van der Waals surface area contributed by atoms with Crippen molar-refractivity contribution in [3.8, 4) is 0 Å². The molecule has 3 nitrogen and oxygen atoms in total. The molecule has 0 atom stereocenters. The molecule has 0 aliphatic heterocycles. The van der Waals surface area contributed by atoms with Gasteiger partial charge in [-0.3, -0.25) is 4.79 Å². The average molecular weight is 274 g/mol. The van der Waals surface area contributed by atoms with Gasteiger partial charge in [0.25, 0.3) is 5.91 Å². The van der Waals surface area contributed by atoms with Gasteiger partial charge < -0.3 is 10.6 Å². The number of nitrogens with one attached hydrogen (secondary N) is 2. The predicted molar refractivity (Wildman–Crippen MR) is 79.4 cm³/mol. The lowest BCUT2D eigenvalue weighted by Gasteiger charge is -2.09. The molecule has 0 saturated heterocycles. The molecule has 0 saturated carbocycles. The molecule has 0 spiro atoms. The Morgan fingerprint density at radius 1 is 1.10 bits per heavy atom. The molecule has 0 radical (unpaired) electrons. The molecule has 2 aromatic rings. The van der Waals surface area contributed by atoms with Gasteiger partial charge in [0.05, 0.1) is 0 Å². The summed E-state index contributed by atoms with van der Waals surface area (Å²) in [6.45, 7) is 4.46. The fraction of sp³-hybridized carbons (Fsp3) is 0.312. The summed E-state index contributed by atoms with van der Waals surface area (Å²) in [6, 6.07) is 9.92. The Kier molecular flexibility index (Phi) is 5.07. The maximum atomic E-state index is 13.7. The molecule has 4 heteroatoms. The van der Waals surface area contributed by atoms with Crippen LogP contribution < -0.4 is 10.6 Å². The van der Waals surface area contributed by atoms with E-state index in [-0.39, 0.29) is 11.7 Å². The predicted octanol–water partition coefficient (Wildman–Crippen LogP) is 2.71. The van der Waals surface area contributed by atoms with E-state index in [1.165, 1.54) is 12.1 Å². The third kappa shape index (κ3) is 3.33. The molecule has 0 unspecified atom stereocenters. The van der Waals surface area contributed by atoms with Crippen molar-refractivity contribution >= 4 is 16.7 Å². The van der Waals surface area contributed by atoms with E-state index in [2.05, 4.69) is 10.6 Å². The molecule has 0 fully saturated rings. The first-order valence-corrected chi connectivity index (χ1v) is 6.90. The summed E-state index contributed by atoms with van der Waals surface area (Å²) in [5.74, 6) is -0.456. The first-order valence-electron chi connectivity index (χ1n) is 6.90. The second-order valence-electron chi connectivity index (χ2n) is 4.60. The fourth-order valence-corrected chi connectivity index (χ4v) is 2.15. The number of amides is 1. The van der Waals surface area contributed by atoms with Gasteiger partial charge in [-0.1, -0.05) is 31.2 Å². The molecule has 0 aliphatic carbocycles. The molecule has 106 valence electrons. The van der Waals surface area contributed by atoms with Crippen LogP contribution in [0.2, 0.25) is 0 Å². The monoisotopic (exact) mass is 274 g/mol. The quantitative estimate of drug-likeness (QED) is 0.795. The van der Waals surface area contributed by atoms with Crippen molar-refractivity contribution in [1.82, 2.24) is 10.6 Å². The summed E-state index contributed by atoms with van der Waals surface area (Å²) in [5, 5.41) is 7.20. The molecular formula is C16H19FN2O. The molecule has 2 rings (SSSR count). The molecule has 2 aromatic carbocycles. The van der Waals surface area contributed by atoms with Crippen molar-refractivity contribution in [2.45, 2.75) is 13.3 Å². The molecule has 0 aliphatic rings. The van der Waals surface area contributed by atoms with E-state index in [0.29, 0.717) is 22.9 Å². The first kappa shape index (κ1) is 14.5. The van der Waals surface area contributed by atoms with E-state index >= 15 is 0 Å². The standard InChI is InChI=1S/C16H19FN2O/c1-2-18-10-5-11-19-16(20)14-8-9-15(17)13-7-4-3-6-12(13)14/h3-4,6-9,18H,2,5,10-11H2,1H3,(H,19,20). The third-order valence-corrected chi connectivity index (χ3v) is 3.18. The number of fused-ring (bicyclic) bond motifs is 1. The smallest absolute Gasteiger partial charge is 0.251 e. The Bertz CT molecular complexity index is 598. The van der Waals surface area contributed by atoms with E-state index in [0.717, 1.165) is 19.5 Å². The maximum Gasteiger partial charge on any atom is 0.251 e. The lowest BCUT2D eigenvalue weighted by atomic mass is 10.0. The van der Waals surface area contributed by atoms with Crippen molar-refractivity contribution in [3.05, 3.63) is 47.8 Å². The number of halogens is 1. The zero-order valence-electron chi connectivity index (χ0n) is 11.6. The number of rotatable bonds is 6. The SMILES string of the molecule is CCNCCCNC(=O)c1ccc(F)c2ccccc12. The van der Waals surface area contributed by atoms with Gasteiger partial charge in [-0.15, -0.1) is 0 Å². The van der Waals surface area contributed by atoms with Gasteiger partial charge in [0.15, 0.2) is 0 Å². The van der Waals surface area contributed by atoms with E-state index in [4.69, 9.17) is 0 Å². The van der Waals surface area contributed by atoms with E-state index in [9.17, 15) is 9.18 Å². The minimum Gasteiger partial charge on any atom is -0.352 e. The molecule has 2 N–H and O–H groups in total. The van der Waals surface area contributed by atoms with E-state index in [1.54, 1.807) is 18.2 Å². The highest BCUT2D eigenvalue weighted by Crippen LogP contribution is 2.21. The van der Waals surface area contributed by atoms with Crippen molar-refractivity contribution < 1.29 is 9.18 Å². The number of hydrogen-bond acceptors (Lipinski definition) is 2. The number of carbonyl (C=O) groups is 1. The minimum absolute atomic E-state index is 0.155. The van der Waals surface area contributed by atoms with Gasteiger partial charge in [-0.25, -0.2) is 4.39 Å². The van der Waals surface area contributed by atoms with Crippen LogP contribution in [0.3, 0.4) is 0 Å². The summed E-state index contributed by atoms with van der Waals surface area (Å²) in [5.41, 5.74) is 0.519. The van der Waals surface area contributed by atoms with Gasteiger partial charge in [0.2, 0.25) is 0 Å². The highest BCUT2D eigenvalue weighted by Gasteiger charge is 2.11. The van der Waals surface area contributed by atoms with Crippen LogP contribution in [-0.2, 0) is 0 Å². The van der Waals surface area contributed by atoms with Gasteiger partial charge >= 0.3 is 0 Å². The molecule has 0 heterocycles. The highest BCUT2D eigenvalue weighted by atomic mass is 19.1. The Hall–Kier alpha value is -1.94. The van der Waals surface area contributed by atoms with Crippen LogP contribution in [0.15, 0.2) is 36.4 Å². The van der Waals surface area contributed by atoms with Gasteiger partial charge in [0.1, 0.15) is 5.82 Å². The van der Waals surface area contributed by atoms with Crippen LogP contribution in [0, 0.1) is 5.82 Å². The van der Waals surface area contributed by atoms with Crippen LogP contribution in [-0.4, -0.2) is 25.5 Å². The zero-order valence-corrected chi connectivity index (χ0v) is 11.6. The number of hydrogen-bond donors (Lipinski definition) is 2. The summed E-state index contributed by atoms with van der Waals surface area (Å²) < 4.78 is 13.7. The number of benzene rings is 2. The van der Waals surface area contributed by atoms with Crippen molar-refractivity contribution in [3.63, 3.8) is 0 Å². The largest absolute Gasteiger partial charge is 0.352 e. The van der Waals surface area contributed by atoms with Crippen LogP contribution in [0.1, 0.15) is 23.7 Å². The lowest BCUT2D eigenvalue weighted by Crippen LogP contribution is -2.27. The van der Waals surface area contributed by atoms with Crippen LogP contribution in [0.5, 0.6) is 0 Å². The maximum absolute atomic E-state index is 13.7. The molecule has 0 aromatic heterocycles. The van der Waals surface area contributed by atoms with E-state index < -0.39 is 0 Å². The van der Waals surface area contributed by atoms with E-state index in [1.807, 2.05) is 13.0 Å². The van der Waals surface area contributed by atoms with Crippen LogP contribution in [0.4, 0.5) is 4.39 Å². The second kappa shape index (κ2) is 7.01. The fourth-order valence-electron chi connectivity index (χ4n) is 2.15. The van der Waals surface area contributed by atoms with Crippen LogP contribution in [0.25, 0.3) is 10.8 Å². The van der Waals surface area contributed by atoms with Crippen LogP contribution >= 0.6 is 0 Å². The van der Waals surface area contributed by atoms with Crippen molar-refractivity contribution in [1.29, 1.82) is 0 Å². The Morgan fingerprint density at radius 3 is 2.60 bits per heavy atom. The van der Waals surface area contributed by atoms with Gasteiger partial charge in [0, 0.05) is 17.5 Å². The second-order valence-corrected chi connectivity index (χ2v) is 4.60. The zero-order chi connectivity index (χ0) is 14.4. The molecular weight excluding hydrogens is 255 g/mol. The van der Waals surface area contributed by atoms with Gasteiger partial charge in [-0.2, -0.15) is 0 Å². The summed E-state index contributed by atoms with van der Waals surface area (Å²) in [6.07, 6.45) is 0.874. The van der Waals surface area contributed by atoms with Gasteiger partial charge in [-0.05, 0) is 37.0 Å². The van der Waals surface area contributed by atoms with Crippen molar-refractivity contribution in [2.24, 2.45) is 0 Å². The molecule has 0 bridgehead atoms. The Morgan fingerprint density at radius 2 is 1.85 bits per heavy atom. The first-order chi connectivity index (χ1) is 9.74. The third-order valence-electron chi connectivity index (χ3n) is 3.18. The highest BCUT2D eigenvalue weighted by molar-refractivity contribution is 6.07. The summed E-state index contributed by atoms with van der Waals surface area (Å²) in [7, 11) is 0. The topological polar surface area (TPSA) is 41.1 Å². The Balaban J connectivity index is 2.09.